The number of benzene rings is 1. The van der Waals surface area contributed by atoms with Crippen molar-refractivity contribution in [3.63, 3.8) is 0 Å². The molecule has 0 amide bonds. The topological polar surface area (TPSA) is 46.2 Å². The minimum absolute atomic E-state index is 0. The molecule has 0 aliphatic carbocycles. The van der Waals surface area contributed by atoms with E-state index in [4.69, 9.17) is 0 Å². The van der Waals surface area contributed by atoms with E-state index in [1.165, 1.54) is 0 Å². The molecule has 4 heteroatoms. The molecule has 0 heterocycles. The van der Waals surface area contributed by atoms with Gasteiger partial charge in [0.1, 0.15) is 0 Å². The van der Waals surface area contributed by atoms with E-state index in [0.717, 1.165) is 11.8 Å². The van der Waals surface area contributed by atoms with Crippen LogP contribution in [0.2, 0.25) is 0 Å². The quantitative estimate of drug-likeness (QED) is 0.827. The summed E-state index contributed by atoms with van der Waals surface area (Å²) in [6, 6.07) is 7.21. The van der Waals surface area contributed by atoms with Crippen LogP contribution in [0.5, 0.6) is 0 Å². The lowest BCUT2D eigenvalue weighted by molar-refractivity contribution is 0.607. The zero-order valence-electron chi connectivity index (χ0n) is 9.03. The van der Waals surface area contributed by atoms with E-state index in [1.54, 1.807) is 12.1 Å². The number of sulfonamides is 1. The van der Waals surface area contributed by atoms with Crippen LogP contribution < -0.4 is 4.72 Å². The smallest absolute Gasteiger partial charge is 0.229 e. The third-order valence-corrected chi connectivity index (χ3v) is 1.93. The van der Waals surface area contributed by atoms with Crippen LogP contribution >= 0.6 is 0 Å². The van der Waals surface area contributed by atoms with Crippen molar-refractivity contribution in [2.75, 3.05) is 11.0 Å². The zero-order chi connectivity index (χ0) is 11.2. The maximum atomic E-state index is 10.8. The van der Waals surface area contributed by atoms with Gasteiger partial charge in [0.2, 0.25) is 10.0 Å². The van der Waals surface area contributed by atoms with Gasteiger partial charge >= 0.3 is 0 Å². The van der Waals surface area contributed by atoms with Crippen LogP contribution in [0.3, 0.4) is 0 Å². The van der Waals surface area contributed by atoms with Crippen molar-refractivity contribution >= 4 is 15.7 Å². The third kappa shape index (κ3) is 5.59. The number of hydrogen-bond acceptors (Lipinski definition) is 2. The number of nitrogens with one attached hydrogen (secondary N) is 1. The highest BCUT2D eigenvalue weighted by molar-refractivity contribution is 7.92. The minimum atomic E-state index is -3.14. The van der Waals surface area contributed by atoms with Gasteiger partial charge in [-0.25, -0.2) is 8.42 Å². The summed E-state index contributed by atoms with van der Waals surface area (Å²) in [7, 11) is -3.14. The Labute approximate surface area is 87.7 Å². The van der Waals surface area contributed by atoms with Crippen LogP contribution in [0.15, 0.2) is 24.3 Å². The molecular weight excluding hydrogens is 198 g/mol. The predicted molar refractivity (Wildman–Crippen MR) is 63.1 cm³/mol. The first-order valence-corrected chi connectivity index (χ1v) is 6.41. The maximum Gasteiger partial charge on any atom is 0.229 e. The van der Waals surface area contributed by atoms with Gasteiger partial charge in [0.25, 0.3) is 0 Å². The zero-order valence-corrected chi connectivity index (χ0v) is 9.85. The Morgan fingerprint density at radius 3 is 2.29 bits per heavy atom. The van der Waals surface area contributed by atoms with Crippen molar-refractivity contribution < 1.29 is 9.84 Å². The molecule has 82 valence electrons. The summed E-state index contributed by atoms with van der Waals surface area (Å²) >= 11 is 0. The molecule has 0 fully saturated rings. The van der Waals surface area contributed by atoms with E-state index >= 15 is 0 Å². The molecule has 0 aliphatic heterocycles. The lowest BCUT2D eigenvalue weighted by atomic mass is 10.2. The summed E-state index contributed by atoms with van der Waals surface area (Å²) in [4.78, 5) is 0. The Morgan fingerprint density at radius 1 is 1.29 bits per heavy atom. The molecule has 14 heavy (non-hydrogen) atoms. The van der Waals surface area contributed by atoms with Gasteiger partial charge in [-0.1, -0.05) is 26.0 Å². The van der Waals surface area contributed by atoms with Gasteiger partial charge < -0.3 is 0 Å². The standard InChI is InChI=1S/C8H11NO2S.C2H6.H2/c1-7-4-3-5-8(6-7)9-12(2,10)11;1-2;/h3-6,9H,1-2H3;1-2H3;1H. The molecule has 0 saturated carbocycles. The van der Waals surface area contributed by atoms with E-state index in [1.807, 2.05) is 32.9 Å². The van der Waals surface area contributed by atoms with E-state index in [-0.39, 0.29) is 1.43 Å². The average Bonchev–Trinajstić information content (AvgIpc) is 2.04. The second-order valence-electron chi connectivity index (χ2n) is 2.74. The van der Waals surface area contributed by atoms with Crippen LogP contribution in [0.1, 0.15) is 20.8 Å². The van der Waals surface area contributed by atoms with Crippen molar-refractivity contribution in [2.45, 2.75) is 20.8 Å². The highest BCUT2D eigenvalue weighted by Crippen LogP contribution is 2.10. The third-order valence-electron chi connectivity index (χ3n) is 1.32. The highest BCUT2D eigenvalue weighted by Gasteiger charge is 1.99. The number of rotatable bonds is 2. The fourth-order valence-corrected chi connectivity index (χ4v) is 1.48. The second kappa shape index (κ2) is 5.65. The molecule has 0 saturated heterocycles. The molecular formula is C10H19NO2S. The number of aryl methyl sites for hydroxylation is 1. The predicted octanol–water partition coefficient (Wildman–Crippen LogP) is 2.64. The Hall–Kier alpha value is -1.03. The molecule has 0 aromatic heterocycles. The summed E-state index contributed by atoms with van der Waals surface area (Å²) in [5.41, 5.74) is 1.64. The van der Waals surface area contributed by atoms with Crippen LogP contribution in [-0.2, 0) is 10.0 Å². The van der Waals surface area contributed by atoms with Gasteiger partial charge in [-0.3, -0.25) is 4.72 Å². The van der Waals surface area contributed by atoms with Crippen LogP contribution in [0.4, 0.5) is 5.69 Å². The molecule has 1 N–H and O–H groups in total. The normalized spacial score (nSPS) is 10.0. The van der Waals surface area contributed by atoms with Gasteiger partial charge in [0.05, 0.1) is 6.26 Å². The van der Waals surface area contributed by atoms with Crippen molar-refractivity contribution in [1.82, 2.24) is 0 Å². The highest BCUT2D eigenvalue weighted by atomic mass is 32.2. The van der Waals surface area contributed by atoms with Crippen LogP contribution in [-0.4, -0.2) is 14.7 Å². The first-order chi connectivity index (χ1) is 6.47. The molecule has 0 radical (unpaired) electrons. The molecule has 0 spiro atoms. The Morgan fingerprint density at radius 2 is 1.86 bits per heavy atom. The fourth-order valence-electron chi connectivity index (χ4n) is 0.923. The molecule has 0 aliphatic rings. The number of hydrogen-bond donors (Lipinski definition) is 1. The molecule has 1 aromatic rings. The van der Waals surface area contributed by atoms with Crippen molar-refractivity contribution in [1.29, 1.82) is 0 Å². The monoisotopic (exact) mass is 217 g/mol. The summed E-state index contributed by atoms with van der Waals surface area (Å²) in [6.45, 7) is 5.91. The van der Waals surface area contributed by atoms with Crippen molar-refractivity contribution in [3.05, 3.63) is 29.8 Å². The van der Waals surface area contributed by atoms with Crippen molar-refractivity contribution in [3.8, 4) is 0 Å². The van der Waals surface area contributed by atoms with Gasteiger partial charge in [0, 0.05) is 7.11 Å². The largest absolute Gasteiger partial charge is 0.284 e. The second-order valence-corrected chi connectivity index (χ2v) is 4.49. The number of anilines is 1. The molecule has 0 unspecified atom stereocenters. The summed E-state index contributed by atoms with van der Waals surface area (Å²) in [5.74, 6) is 0. The van der Waals surface area contributed by atoms with Gasteiger partial charge in [-0.15, -0.1) is 0 Å². The SMILES string of the molecule is CC.Cc1cccc(NS(C)(=O)=O)c1.[HH]. The summed E-state index contributed by atoms with van der Waals surface area (Å²) in [6.07, 6.45) is 1.13. The fraction of sp³-hybridized carbons (Fsp3) is 0.400. The first-order valence-electron chi connectivity index (χ1n) is 4.52. The van der Waals surface area contributed by atoms with E-state index in [9.17, 15) is 8.42 Å². The van der Waals surface area contributed by atoms with E-state index in [0.29, 0.717) is 5.69 Å². The minimum Gasteiger partial charge on any atom is -0.284 e. The van der Waals surface area contributed by atoms with Crippen molar-refractivity contribution in [2.24, 2.45) is 0 Å². The average molecular weight is 217 g/mol. The van der Waals surface area contributed by atoms with Gasteiger partial charge in [-0.2, -0.15) is 0 Å². The van der Waals surface area contributed by atoms with Crippen LogP contribution in [0, 0.1) is 6.92 Å². The van der Waals surface area contributed by atoms with E-state index < -0.39 is 10.0 Å². The molecule has 3 nitrogen and oxygen atoms in total. The molecule has 0 atom stereocenters. The maximum absolute atomic E-state index is 10.8. The Balaban J connectivity index is 0. The van der Waals surface area contributed by atoms with Gasteiger partial charge in [-0.05, 0) is 24.6 Å². The molecule has 1 rings (SSSR count). The lowest BCUT2D eigenvalue weighted by Crippen LogP contribution is -2.09. The molecule has 0 bridgehead atoms. The van der Waals surface area contributed by atoms with Crippen LogP contribution in [0.25, 0.3) is 0 Å². The summed E-state index contributed by atoms with van der Waals surface area (Å²) in [5, 5.41) is 0. The lowest BCUT2D eigenvalue weighted by Gasteiger charge is -2.03. The van der Waals surface area contributed by atoms with Gasteiger partial charge in [0.15, 0.2) is 0 Å². The van der Waals surface area contributed by atoms with E-state index in [2.05, 4.69) is 4.72 Å². The Kier molecular flexibility index (Phi) is 5.23. The Bertz CT molecular complexity index is 377. The first kappa shape index (κ1) is 13.0. The summed E-state index contributed by atoms with van der Waals surface area (Å²) < 4.78 is 24.0. The molecule has 1 aromatic carbocycles.